The van der Waals surface area contributed by atoms with Crippen molar-refractivity contribution in [2.24, 2.45) is 0 Å². The van der Waals surface area contributed by atoms with E-state index in [2.05, 4.69) is 5.32 Å². The van der Waals surface area contributed by atoms with Crippen molar-refractivity contribution in [3.63, 3.8) is 0 Å². The van der Waals surface area contributed by atoms with E-state index in [4.69, 9.17) is 16.3 Å². The van der Waals surface area contributed by atoms with Crippen LogP contribution in [0.5, 0.6) is 5.75 Å². The molecule has 8 nitrogen and oxygen atoms in total. The van der Waals surface area contributed by atoms with Gasteiger partial charge in [-0.05, 0) is 87.4 Å². The zero-order chi connectivity index (χ0) is 28.7. The van der Waals surface area contributed by atoms with E-state index >= 15 is 0 Å². The van der Waals surface area contributed by atoms with Gasteiger partial charge in [0.2, 0.25) is 11.8 Å². The molecule has 0 spiro atoms. The summed E-state index contributed by atoms with van der Waals surface area (Å²) in [5, 5.41) is 3.23. The lowest BCUT2D eigenvalue weighted by Crippen LogP contribution is -2.52. The molecule has 0 bridgehead atoms. The molecule has 0 saturated carbocycles. The quantitative estimate of drug-likeness (QED) is 0.357. The van der Waals surface area contributed by atoms with Crippen molar-refractivity contribution in [1.82, 2.24) is 10.2 Å². The zero-order valence-electron chi connectivity index (χ0n) is 22.7. The lowest BCUT2D eigenvalue weighted by Gasteiger charge is -2.32. The second-order valence-corrected chi connectivity index (χ2v) is 11.8. The van der Waals surface area contributed by atoms with Crippen LogP contribution in [0.15, 0.2) is 77.7 Å². The van der Waals surface area contributed by atoms with Gasteiger partial charge >= 0.3 is 0 Å². The number of carbonyl (C=O) groups excluding carboxylic acids is 2. The maximum atomic E-state index is 13.9. The first-order chi connectivity index (χ1) is 18.4. The topological polar surface area (TPSA) is 96.0 Å². The monoisotopic (exact) mass is 571 g/mol. The Morgan fingerprint density at radius 3 is 2.26 bits per heavy atom. The minimum Gasteiger partial charge on any atom is -0.497 e. The highest BCUT2D eigenvalue weighted by Gasteiger charge is 2.32. The molecule has 1 N–H and O–H groups in total. The summed E-state index contributed by atoms with van der Waals surface area (Å²) in [4.78, 5) is 28.3. The summed E-state index contributed by atoms with van der Waals surface area (Å²) in [6, 6.07) is 18.8. The third-order valence-corrected chi connectivity index (χ3v) is 8.10. The van der Waals surface area contributed by atoms with Gasteiger partial charge in [0.15, 0.2) is 0 Å². The summed E-state index contributed by atoms with van der Waals surface area (Å²) in [7, 11) is -2.61. The van der Waals surface area contributed by atoms with Crippen LogP contribution in [0.3, 0.4) is 0 Å². The number of halogens is 1. The fraction of sp³-hybridized carbons (Fsp3) is 0.310. The average Bonchev–Trinajstić information content (AvgIpc) is 2.89. The van der Waals surface area contributed by atoms with Crippen molar-refractivity contribution in [3.05, 3.63) is 88.9 Å². The average molecular weight is 572 g/mol. The normalized spacial score (nSPS) is 12.1. The molecule has 0 heterocycles. The highest BCUT2D eigenvalue weighted by molar-refractivity contribution is 7.92. The molecule has 0 aliphatic heterocycles. The fourth-order valence-electron chi connectivity index (χ4n) is 4.00. The van der Waals surface area contributed by atoms with Gasteiger partial charge in [0, 0.05) is 17.6 Å². The van der Waals surface area contributed by atoms with Gasteiger partial charge in [0.05, 0.1) is 17.7 Å². The van der Waals surface area contributed by atoms with Gasteiger partial charge < -0.3 is 15.0 Å². The van der Waals surface area contributed by atoms with Crippen LogP contribution in [0.4, 0.5) is 5.69 Å². The highest BCUT2D eigenvalue weighted by Crippen LogP contribution is 2.26. The van der Waals surface area contributed by atoms with Gasteiger partial charge in [-0.15, -0.1) is 0 Å². The number of ether oxygens (including phenoxy) is 1. The second kappa shape index (κ2) is 13.0. The summed E-state index contributed by atoms with van der Waals surface area (Å²) < 4.78 is 34.0. The number of carbonyl (C=O) groups is 2. The standard InChI is InChI=1S/C29H34ClN3O5S/c1-20(2)31-29(35)22(4)32(18-23-9-7-11-26(17-23)38-5)28(34)19-33(25-10-6-8-21(3)16-25)39(36,37)27-14-12-24(30)13-15-27/h6-17,20,22H,18-19H2,1-5H3,(H,31,35). The Morgan fingerprint density at radius 1 is 0.974 bits per heavy atom. The number of benzene rings is 3. The van der Waals surface area contributed by atoms with E-state index in [1.165, 1.54) is 29.2 Å². The van der Waals surface area contributed by atoms with Crippen LogP contribution in [-0.4, -0.2) is 50.9 Å². The van der Waals surface area contributed by atoms with Crippen LogP contribution in [0.2, 0.25) is 5.02 Å². The van der Waals surface area contributed by atoms with Crippen molar-refractivity contribution in [2.75, 3.05) is 18.0 Å². The molecule has 1 atom stereocenters. The first-order valence-electron chi connectivity index (χ1n) is 12.5. The van der Waals surface area contributed by atoms with Crippen molar-refractivity contribution < 1.29 is 22.7 Å². The van der Waals surface area contributed by atoms with Gasteiger partial charge in [0.1, 0.15) is 18.3 Å². The first kappa shape index (κ1) is 30.0. The fourth-order valence-corrected chi connectivity index (χ4v) is 5.53. The number of hydrogen-bond donors (Lipinski definition) is 1. The molecule has 0 radical (unpaired) electrons. The van der Waals surface area contributed by atoms with Crippen LogP contribution < -0.4 is 14.4 Å². The number of nitrogens with one attached hydrogen (secondary N) is 1. The zero-order valence-corrected chi connectivity index (χ0v) is 24.3. The smallest absolute Gasteiger partial charge is 0.264 e. The van der Waals surface area contributed by atoms with Crippen molar-refractivity contribution >= 4 is 39.1 Å². The molecule has 0 fully saturated rings. The molecule has 0 aliphatic carbocycles. The molecular formula is C29H34ClN3O5S. The van der Waals surface area contributed by atoms with Crippen LogP contribution in [0.25, 0.3) is 0 Å². The van der Waals surface area contributed by atoms with Crippen molar-refractivity contribution in [3.8, 4) is 5.75 Å². The molecule has 208 valence electrons. The van der Waals surface area contributed by atoms with E-state index in [0.29, 0.717) is 16.5 Å². The molecule has 3 rings (SSSR count). The van der Waals surface area contributed by atoms with Crippen LogP contribution in [0, 0.1) is 6.92 Å². The third kappa shape index (κ3) is 7.74. The number of aryl methyl sites for hydroxylation is 1. The molecule has 39 heavy (non-hydrogen) atoms. The predicted molar refractivity (Wildman–Crippen MR) is 153 cm³/mol. The molecule has 0 aromatic heterocycles. The Balaban J connectivity index is 2.04. The van der Waals surface area contributed by atoms with Crippen LogP contribution >= 0.6 is 11.6 Å². The summed E-state index contributed by atoms with van der Waals surface area (Å²) in [6.07, 6.45) is 0. The van der Waals surface area contributed by atoms with Gasteiger partial charge in [0.25, 0.3) is 10.0 Å². The van der Waals surface area contributed by atoms with Crippen molar-refractivity contribution in [1.29, 1.82) is 0 Å². The lowest BCUT2D eigenvalue weighted by atomic mass is 10.1. The summed E-state index contributed by atoms with van der Waals surface area (Å²) in [6.45, 7) is 6.68. The SMILES string of the molecule is COc1cccc(CN(C(=O)CN(c2cccc(C)c2)S(=O)(=O)c2ccc(Cl)cc2)C(C)C(=O)NC(C)C)c1. The van der Waals surface area contributed by atoms with Gasteiger partial charge in [-0.25, -0.2) is 8.42 Å². The molecule has 0 saturated heterocycles. The lowest BCUT2D eigenvalue weighted by molar-refractivity contribution is -0.139. The molecule has 10 heteroatoms. The van der Waals surface area contributed by atoms with Gasteiger partial charge in [-0.3, -0.25) is 13.9 Å². The Hall–Kier alpha value is -3.56. The Labute approximate surface area is 235 Å². The van der Waals surface area contributed by atoms with E-state index in [-0.39, 0.29) is 23.4 Å². The number of anilines is 1. The Bertz CT molecular complexity index is 1410. The van der Waals surface area contributed by atoms with Gasteiger partial charge in [-0.2, -0.15) is 0 Å². The second-order valence-electron chi connectivity index (χ2n) is 9.52. The predicted octanol–water partition coefficient (Wildman–Crippen LogP) is 4.79. The molecule has 1 unspecified atom stereocenters. The van der Waals surface area contributed by atoms with Crippen LogP contribution in [-0.2, 0) is 26.2 Å². The maximum Gasteiger partial charge on any atom is 0.264 e. The number of nitrogens with zero attached hydrogens (tertiary/aromatic N) is 2. The maximum absolute atomic E-state index is 13.9. The summed E-state index contributed by atoms with van der Waals surface area (Å²) >= 11 is 5.99. The molecule has 3 aromatic rings. The molecule has 3 aromatic carbocycles. The number of sulfonamides is 1. The Kier molecular flexibility index (Phi) is 9.99. The minimum absolute atomic E-state index is 0.00819. The van der Waals surface area contributed by atoms with Crippen LogP contribution in [0.1, 0.15) is 31.9 Å². The highest BCUT2D eigenvalue weighted by atomic mass is 35.5. The molecular weight excluding hydrogens is 538 g/mol. The van der Waals surface area contributed by atoms with E-state index in [0.717, 1.165) is 15.4 Å². The number of hydrogen-bond acceptors (Lipinski definition) is 5. The minimum atomic E-state index is -4.16. The van der Waals surface area contributed by atoms with E-state index in [1.54, 1.807) is 50.4 Å². The number of amides is 2. The summed E-state index contributed by atoms with van der Waals surface area (Å²) in [5.74, 6) is -0.280. The van der Waals surface area contributed by atoms with E-state index in [1.807, 2.05) is 32.9 Å². The summed E-state index contributed by atoms with van der Waals surface area (Å²) in [5.41, 5.74) is 1.89. The van der Waals surface area contributed by atoms with Crippen molar-refractivity contribution in [2.45, 2.75) is 51.2 Å². The van der Waals surface area contributed by atoms with E-state index in [9.17, 15) is 18.0 Å². The first-order valence-corrected chi connectivity index (χ1v) is 14.3. The largest absolute Gasteiger partial charge is 0.497 e. The Morgan fingerprint density at radius 2 is 1.64 bits per heavy atom. The number of rotatable bonds is 11. The third-order valence-electron chi connectivity index (χ3n) is 6.06. The van der Waals surface area contributed by atoms with E-state index < -0.39 is 28.5 Å². The number of methoxy groups -OCH3 is 1. The molecule has 2 amide bonds. The van der Waals surface area contributed by atoms with Gasteiger partial charge in [-0.1, -0.05) is 35.9 Å². The molecule has 0 aliphatic rings.